The fourth-order valence-electron chi connectivity index (χ4n) is 10.4. The standard InChI is InChI=1S/C33H39N3O2.C29H35N3O/c1-34(2)30-19-17-28(18-20-30)27-15-13-25(14-16-27)24-36(33(38)29-9-4-3-5-10-29)31-11-6-8-26(22-31)23-35-21-7-12-32(35)37;1-31(2)27-17-15-25(16-18-27)24-13-11-22(12-14-24)21-32(28-10-6-7-23(19-28)20-30)29(33)26-8-4-3-5-9-26/h6,8,11,13-20,22,29H,3-5,7,9-10,12,21,23-24H2,1-2H3;6-7,10-19,26H,3-5,8-9,20-21,30H2,1-2H3. The third-order valence-corrected chi connectivity index (χ3v) is 14.7. The number of benzene rings is 6. The van der Waals surface area contributed by atoms with Gasteiger partial charge in [-0.1, -0.05) is 136 Å². The molecule has 2 N–H and O–H groups in total. The lowest BCUT2D eigenvalue weighted by molar-refractivity contribution is -0.128. The van der Waals surface area contributed by atoms with Gasteiger partial charge in [0.1, 0.15) is 0 Å². The van der Waals surface area contributed by atoms with Crippen molar-refractivity contribution in [3.63, 3.8) is 0 Å². The summed E-state index contributed by atoms with van der Waals surface area (Å²) >= 11 is 0. The van der Waals surface area contributed by atoms with Crippen molar-refractivity contribution in [1.82, 2.24) is 4.90 Å². The van der Waals surface area contributed by atoms with E-state index in [1.807, 2.05) is 73.2 Å². The number of rotatable bonds is 15. The van der Waals surface area contributed by atoms with E-state index in [9.17, 15) is 14.4 Å². The maximum absolute atomic E-state index is 13.8. The largest absolute Gasteiger partial charge is 0.378 e. The van der Waals surface area contributed by atoms with Crippen LogP contribution in [0.5, 0.6) is 0 Å². The Morgan fingerprint density at radius 2 is 0.873 bits per heavy atom. The summed E-state index contributed by atoms with van der Waals surface area (Å²) in [6, 6.07) is 50.7. The summed E-state index contributed by atoms with van der Waals surface area (Å²) in [5.41, 5.74) is 19.2. The van der Waals surface area contributed by atoms with Gasteiger partial charge in [-0.3, -0.25) is 14.4 Å². The van der Waals surface area contributed by atoms with Crippen molar-refractivity contribution in [2.75, 3.05) is 54.3 Å². The van der Waals surface area contributed by atoms with Crippen LogP contribution in [-0.2, 0) is 40.6 Å². The van der Waals surface area contributed by atoms with Crippen molar-refractivity contribution in [2.45, 2.75) is 103 Å². The Labute approximate surface area is 423 Å². The summed E-state index contributed by atoms with van der Waals surface area (Å²) in [6.45, 7) is 3.02. The number of amides is 3. The quantitative estimate of drug-likeness (QED) is 0.110. The molecule has 0 spiro atoms. The van der Waals surface area contributed by atoms with E-state index in [1.54, 1.807) is 0 Å². The van der Waals surface area contributed by atoms with E-state index in [-0.39, 0.29) is 29.6 Å². The highest BCUT2D eigenvalue weighted by molar-refractivity contribution is 5.96. The van der Waals surface area contributed by atoms with E-state index in [1.165, 1.54) is 46.5 Å². The molecule has 1 aliphatic heterocycles. The zero-order chi connectivity index (χ0) is 49.7. The molecule has 6 aromatic carbocycles. The smallest absolute Gasteiger partial charge is 0.230 e. The van der Waals surface area contributed by atoms with E-state index in [2.05, 4.69) is 125 Å². The molecule has 0 radical (unpaired) electrons. The predicted molar refractivity (Wildman–Crippen MR) is 293 cm³/mol. The lowest BCUT2D eigenvalue weighted by atomic mass is 9.88. The summed E-state index contributed by atoms with van der Waals surface area (Å²) in [6.07, 6.45) is 12.5. The monoisotopic (exact) mass is 951 g/mol. The number of carbonyl (C=O) groups excluding carboxylic acids is 3. The molecule has 0 atom stereocenters. The first-order valence-corrected chi connectivity index (χ1v) is 26.0. The molecule has 2 saturated carbocycles. The van der Waals surface area contributed by atoms with Crippen molar-refractivity contribution in [1.29, 1.82) is 0 Å². The molecule has 6 aromatic rings. The molecular formula is C62H74N6O3. The van der Waals surface area contributed by atoms with Gasteiger partial charge >= 0.3 is 0 Å². The van der Waals surface area contributed by atoms with Crippen molar-refractivity contribution >= 4 is 40.5 Å². The topological polar surface area (TPSA) is 93.4 Å². The minimum atomic E-state index is 0.0852. The van der Waals surface area contributed by atoms with Gasteiger partial charge in [0.15, 0.2) is 0 Å². The molecule has 1 saturated heterocycles. The molecule has 9 nitrogen and oxygen atoms in total. The Morgan fingerprint density at radius 1 is 0.479 bits per heavy atom. The molecule has 3 aliphatic rings. The average Bonchev–Trinajstić information content (AvgIpc) is 3.83. The number of hydrogen-bond donors (Lipinski definition) is 1. The molecule has 71 heavy (non-hydrogen) atoms. The summed E-state index contributed by atoms with van der Waals surface area (Å²) in [5, 5.41) is 0. The van der Waals surface area contributed by atoms with Crippen LogP contribution in [0.2, 0.25) is 0 Å². The fourth-order valence-corrected chi connectivity index (χ4v) is 10.4. The highest BCUT2D eigenvalue weighted by Crippen LogP contribution is 2.33. The van der Waals surface area contributed by atoms with Crippen molar-refractivity contribution in [2.24, 2.45) is 17.6 Å². The van der Waals surface area contributed by atoms with Crippen LogP contribution in [0.4, 0.5) is 22.7 Å². The minimum Gasteiger partial charge on any atom is -0.378 e. The molecule has 1 heterocycles. The van der Waals surface area contributed by atoms with Crippen LogP contribution in [0.15, 0.2) is 146 Å². The van der Waals surface area contributed by atoms with E-state index >= 15 is 0 Å². The summed E-state index contributed by atoms with van der Waals surface area (Å²) in [4.78, 5) is 49.7. The number of nitrogens with zero attached hydrogens (tertiary/aromatic N) is 5. The van der Waals surface area contributed by atoms with Crippen LogP contribution in [0.1, 0.15) is 99.3 Å². The second-order valence-electron chi connectivity index (χ2n) is 20.3. The molecule has 0 bridgehead atoms. The van der Waals surface area contributed by atoms with Crippen molar-refractivity contribution < 1.29 is 14.4 Å². The Kier molecular flexibility index (Phi) is 17.4. The number of carbonyl (C=O) groups is 3. The molecule has 370 valence electrons. The fraction of sp³-hybridized carbons (Fsp3) is 0.371. The van der Waals surface area contributed by atoms with Gasteiger partial charge in [0, 0.05) is 88.8 Å². The van der Waals surface area contributed by atoms with Gasteiger partial charge in [0.05, 0.1) is 13.1 Å². The first-order valence-electron chi connectivity index (χ1n) is 26.0. The average molecular weight is 951 g/mol. The Balaban J connectivity index is 0.000000192. The predicted octanol–water partition coefficient (Wildman–Crippen LogP) is 12.6. The van der Waals surface area contributed by atoms with Crippen LogP contribution < -0.4 is 25.3 Å². The van der Waals surface area contributed by atoms with Gasteiger partial charge in [-0.15, -0.1) is 0 Å². The zero-order valence-corrected chi connectivity index (χ0v) is 42.6. The second kappa shape index (κ2) is 24.4. The van der Waals surface area contributed by atoms with Crippen LogP contribution in [0.25, 0.3) is 22.3 Å². The lowest BCUT2D eigenvalue weighted by Gasteiger charge is -2.30. The SMILES string of the molecule is CN(C)c1ccc(-c2ccc(CN(C(=O)C3CCCCC3)c3cccc(CN)c3)cc2)cc1.CN(C)c1ccc(-c2ccc(CN(C(=O)C3CCCCC3)c3cccc(CN4CCCC4=O)c3)cc2)cc1. The van der Waals surface area contributed by atoms with Gasteiger partial charge in [-0.05, 0) is 125 Å². The van der Waals surface area contributed by atoms with E-state index in [4.69, 9.17) is 5.73 Å². The maximum Gasteiger partial charge on any atom is 0.230 e. The van der Waals surface area contributed by atoms with Gasteiger partial charge in [-0.25, -0.2) is 0 Å². The van der Waals surface area contributed by atoms with Gasteiger partial charge in [0.2, 0.25) is 17.7 Å². The highest BCUT2D eigenvalue weighted by atomic mass is 16.2. The first kappa shape index (κ1) is 50.7. The molecule has 3 amide bonds. The third-order valence-electron chi connectivity index (χ3n) is 14.7. The van der Waals surface area contributed by atoms with Crippen LogP contribution in [0.3, 0.4) is 0 Å². The van der Waals surface area contributed by atoms with Gasteiger partial charge < -0.3 is 30.2 Å². The number of nitrogens with two attached hydrogens (primary N) is 1. The molecule has 0 aromatic heterocycles. The minimum absolute atomic E-state index is 0.0852. The number of likely N-dealkylation sites (tertiary alicyclic amines) is 1. The molecule has 3 fully saturated rings. The molecular weight excluding hydrogens is 877 g/mol. The van der Waals surface area contributed by atoms with Crippen LogP contribution in [-0.4, -0.2) is 57.4 Å². The Morgan fingerprint density at radius 3 is 1.25 bits per heavy atom. The zero-order valence-electron chi connectivity index (χ0n) is 42.6. The summed E-state index contributed by atoms with van der Waals surface area (Å²) in [7, 11) is 8.19. The maximum atomic E-state index is 13.8. The van der Waals surface area contributed by atoms with Crippen molar-refractivity contribution in [3.05, 3.63) is 168 Å². The first-order chi connectivity index (χ1) is 34.5. The van der Waals surface area contributed by atoms with Crippen molar-refractivity contribution in [3.8, 4) is 22.3 Å². The number of hydrogen-bond acceptors (Lipinski definition) is 6. The normalized spacial score (nSPS) is 15.2. The second-order valence-corrected chi connectivity index (χ2v) is 20.3. The van der Waals surface area contributed by atoms with E-state index in [0.29, 0.717) is 32.6 Å². The lowest BCUT2D eigenvalue weighted by Crippen LogP contribution is -2.36. The summed E-state index contributed by atoms with van der Waals surface area (Å²) in [5.74, 6) is 0.897. The Bertz CT molecular complexity index is 2670. The van der Waals surface area contributed by atoms with Gasteiger partial charge in [0.25, 0.3) is 0 Å². The molecule has 9 heteroatoms. The molecule has 0 unspecified atom stereocenters. The van der Waals surface area contributed by atoms with E-state index < -0.39 is 0 Å². The van der Waals surface area contributed by atoms with Crippen LogP contribution >= 0.6 is 0 Å². The number of anilines is 4. The van der Waals surface area contributed by atoms with E-state index in [0.717, 1.165) is 98.0 Å². The third kappa shape index (κ3) is 13.4. The van der Waals surface area contributed by atoms with Crippen LogP contribution in [0, 0.1) is 11.8 Å². The Hall–Kier alpha value is -6.71. The van der Waals surface area contributed by atoms with Gasteiger partial charge in [-0.2, -0.15) is 0 Å². The molecule has 9 rings (SSSR count). The summed E-state index contributed by atoms with van der Waals surface area (Å²) < 4.78 is 0. The molecule has 2 aliphatic carbocycles. The highest BCUT2D eigenvalue weighted by Gasteiger charge is 2.29.